The van der Waals surface area contributed by atoms with Gasteiger partial charge in [-0.1, -0.05) is 0 Å². The van der Waals surface area contributed by atoms with E-state index in [1.165, 1.54) is 25.9 Å². The normalized spacial score (nSPS) is 33.8. The molecule has 5 heteroatoms. The van der Waals surface area contributed by atoms with Gasteiger partial charge >= 0.3 is 0 Å². The van der Waals surface area contributed by atoms with E-state index in [1.54, 1.807) is 0 Å². The van der Waals surface area contributed by atoms with Crippen LogP contribution in [-0.4, -0.2) is 53.3 Å². The van der Waals surface area contributed by atoms with Crippen molar-refractivity contribution in [1.82, 2.24) is 14.9 Å². The third kappa shape index (κ3) is 2.90. The number of nitrogens with zero attached hydrogens (tertiary/aromatic N) is 3. The van der Waals surface area contributed by atoms with Crippen molar-refractivity contribution in [3.05, 3.63) is 23.8 Å². The molecule has 3 fully saturated rings. The van der Waals surface area contributed by atoms with Crippen molar-refractivity contribution in [3.63, 3.8) is 0 Å². The lowest BCUT2D eigenvalue weighted by Crippen LogP contribution is -2.48. The monoisotopic (exact) mass is 303 g/mol. The third-order valence-electron chi connectivity index (χ3n) is 5.39. The molecule has 3 aliphatic rings. The van der Waals surface area contributed by atoms with Crippen LogP contribution in [-0.2, 0) is 9.47 Å². The molecule has 0 spiro atoms. The topological polar surface area (TPSA) is 47.5 Å². The Morgan fingerprint density at radius 3 is 2.91 bits per heavy atom. The minimum Gasteiger partial charge on any atom is -0.381 e. The molecule has 0 N–H and O–H groups in total. The molecule has 0 bridgehead atoms. The molecule has 0 unspecified atom stereocenters. The van der Waals surface area contributed by atoms with E-state index in [0.29, 0.717) is 12.0 Å². The van der Waals surface area contributed by atoms with Crippen molar-refractivity contribution in [2.75, 3.05) is 26.3 Å². The molecule has 0 radical (unpaired) electrons. The van der Waals surface area contributed by atoms with E-state index in [9.17, 15) is 0 Å². The van der Waals surface area contributed by atoms with Crippen LogP contribution in [0.1, 0.15) is 43.3 Å². The summed E-state index contributed by atoms with van der Waals surface area (Å²) in [4.78, 5) is 11.4. The largest absolute Gasteiger partial charge is 0.381 e. The zero-order chi connectivity index (χ0) is 14.9. The summed E-state index contributed by atoms with van der Waals surface area (Å²) in [6.07, 6.45) is 7.04. The number of aryl methyl sites for hydroxylation is 1. The van der Waals surface area contributed by atoms with E-state index >= 15 is 0 Å². The van der Waals surface area contributed by atoms with Crippen molar-refractivity contribution in [1.29, 1.82) is 0 Å². The van der Waals surface area contributed by atoms with Gasteiger partial charge < -0.3 is 9.47 Å². The Hall–Kier alpha value is -1.04. The van der Waals surface area contributed by atoms with Gasteiger partial charge in [0, 0.05) is 44.5 Å². The molecule has 0 aliphatic carbocycles. The van der Waals surface area contributed by atoms with Crippen LogP contribution < -0.4 is 0 Å². The number of aromatic nitrogens is 2. The van der Waals surface area contributed by atoms with Crippen LogP contribution in [0.5, 0.6) is 0 Å². The highest BCUT2D eigenvalue weighted by atomic mass is 16.5. The SMILES string of the molecule is Cc1nccc([C@@H]2C[C@@H]3CN(C4CCOCC4)CC[C@H]3O2)n1. The molecule has 120 valence electrons. The second-order valence-electron chi connectivity index (χ2n) is 6.81. The molecule has 22 heavy (non-hydrogen) atoms. The van der Waals surface area contributed by atoms with Gasteiger partial charge in [0.1, 0.15) is 11.9 Å². The summed E-state index contributed by atoms with van der Waals surface area (Å²) in [5.74, 6) is 1.48. The van der Waals surface area contributed by atoms with Gasteiger partial charge in [0.25, 0.3) is 0 Å². The number of fused-ring (bicyclic) bond motifs is 1. The molecule has 5 nitrogen and oxygen atoms in total. The van der Waals surface area contributed by atoms with Gasteiger partial charge in [-0.2, -0.15) is 0 Å². The minimum absolute atomic E-state index is 0.159. The Morgan fingerprint density at radius 1 is 1.23 bits per heavy atom. The van der Waals surface area contributed by atoms with Gasteiger partial charge in [-0.15, -0.1) is 0 Å². The van der Waals surface area contributed by atoms with Crippen LogP contribution in [0.25, 0.3) is 0 Å². The first-order chi connectivity index (χ1) is 10.8. The summed E-state index contributed by atoms with van der Waals surface area (Å²) in [5, 5.41) is 0. The first-order valence-corrected chi connectivity index (χ1v) is 8.56. The van der Waals surface area contributed by atoms with E-state index in [4.69, 9.17) is 9.47 Å². The molecule has 3 atom stereocenters. The van der Waals surface area contributed by atoms with Crippen molar-refractivity contribution in [2.45, 2.75) is 50.9 Å². The lowest BCUT2D eigenvalue weighted by Gasteiger charge is -2.40. The zero-order valence-corrected chi connectivity index (χ0v) is 13.3. The number of hydrogen-bond donors (Lipinski definition) is 0. The average molecular weight is 303 g/mol. The van der Waals surface area contributed by atoms with Gasteiger partial charge in [0.15, 0.2) is 0 Å². The van der Waals surface area contributed by atoms with Crippen LogP contribution in [0, 0.1) is 12.8 Å². The maximum Gasteiger partial charge on any atom is 0.125 e. The van der Waals surface area contributed by atoms with Crippen molar-refractivity contribution >= 4 is 0 Å². The first-order valence-electron chi connectivity index (χ1n) is 8.56. The molecular formula is C17H25N3O2. The molecule has 3 aliphatic heterocycles. The molecule has 3 saturated heterocycles. The standard InChI is InChI=1S/C17H25N3O2/c1-12-18-6-2-15(19-12)17-10-13-11-20(7-3-16(13)22-17)14-4-8-21-9-5-14/h2,6,13-14,16-17H,3-5,7-11H2,1H3/t13-,16-,17+/m1/s1. The number of rotatable bonds is 2. The first kappa shape index (κ1) is 14.5. The summed E-state index contributed by atoms with van der Waals surface area (Å²) >= 11 is 0. The lowest BCUT2D eigenvalue weighted by molar-refractivity contribution is -0.0273. The van der Waals surface area contributed by atoms with Gasteiger partial charge in [-0.3, -0.25) is 4.90 Å². The molecular weight excluding hydrogens is 278 g/mol. The lowest BCUT2D eigenvalue weighted by atomic mass is 9.90. The molecule has 4 heterocycles. The summed E-state index contributed by atoms with van der Waals surface area (Å²) in [6, 6.07) is 2.72. The quantitative estimate of drug-likeness (QED) is 0.837. The van der Waals surface area contributed by atoms with E-state index in [-0.39, 0.29) is 6.10 Å². The van der Waals surface area contributed by atoms with Crippen LogP contribution in [0.15, 0.2) is 12.3 Å². The number of hydrogen-bond acceptors (Lipinski definition) is 5. The second-order valence-corrected chi connectivity index (χ2v) is 6.81. The summed E-state index contributed by atoms with van der Waals surface area (Å²) in [5.41, 5.74) is 1.06. The Balaban J connectivity index is 1.41. The molecule has 4 rings (SSSR count). The van der Waals surface area contributed by atoms with E-state index < -0.39 is 0 Å². The molecule has 0 saturated carbocycles. The Bertz CT molecular complexity index is 518. The fourth-order valence-electron chi connectivity index (χ4n) is 4.21. The molecule has 1 aromatic heterocycles. The highest BCUT2D eigenvalue weighted by molar-refractivity contribution is 5.08. The number of likely N-dealkylation sites (tertiary alicyclic amines) is 1. The predicted octanol–water partition coefficient (Wildman–Crippen LogP) is 2.12. The van der Waals surface area contributed by atoms with Crippen LogP contribution in [0.3, 0.4) is 0 Å². The van der Waals surface area contributed by atoms with E-state index in [2.05, 4.69) is 14.9 Å². The average Bonchev–Trinajstić information content (AvgIpc) is 2.99. The summed E-state index contributed by atoms with van der Waals surface area (Å²) in [7, 11) is 0. The van der Waals surface area contributed by atoms with Crippen molar-refractivity contribution in [3.8, 4) is 0 Å². The Morgan fingerprint density at radius 2 is 2.09 bits per heavy atom. The van der Waals surface area contributed by atoms with Crippen molar-refractivity contribution in [2.24, 2.45) is 5.92 Å². The van der Waals surface area contributed by atoms with Gasteiger partial charge in [0.2, 0.25) is 0 Å². The third-order valence-corrected chi connectivity index (χ3v) is 5.39. The smallest absolute Gasteiger partial charge is 0.125 e. The fraction of sp³-hybridized carbons (Fsp3) is 0.765. The van der Waals surface area contributed by atoms with E-state index in [1.807, 2.05) is 19.2 Å². The van der Waals surface area contributed by atoms with Crippen LogP contribution >= 0.6 is 0 Å². The molecule has 0 aromatic carbocycles. The van der Waals surface area contributed by atoms with Gasteiger partial charge in [-0.25, -0.2) is 9.97 Å². The highest BCUT2D eigenvalue weighted by Gasteiger charge is 2.41. The second kappa shape index (κ2) is 6.22. The van der Waals surface area contributed by atoms with Crippen molar-refractivity contribution < 1.29 is 9.47 Å². The number of piperidine rings is 1. The maximum atomic E-state index is 6.30. The minimum atomic E-state index is 0.159. The highest BCUT2D eigenvalue weighted by Crippen LogP contribution is 2.40. The van der Waals surface area contributed by atoms with E-state index in [0.717, 1.165) is 43.6 Å². The van der Waals surface area contributed by atoms with Gasteiger partial charge in [-0.05, 0) is 38.7 Å². The summed E-state index contributed by atoms with van der Waals surface area (Å²) < 4.78 is 11.8. The Labute approximate surface area is 132 Å². The molecule has 1 aromatic rings. The van der Waals surface area contributed by atoms with Crippen LogP contribution in [0.4, 0.5) is 0 Å². The fourth-order valence-corrected chi connectivity index (χ4v) is 4.21. The Kier molecular flexibility index (Phi) is 4.11. The summed E-state index contributed by atoms with van der Waals surface area (Å²) in [6.45, 7) is 6.14. The van der Waals surface area contributed by atoms with Crippen LogP contribution in [0.2, 0.25) is 0 Å². The van der Waals surface area contributed by atoms with Gasteiger partial charge in [0.05, 0.1) is 11.8 Å². The predicted molar refractivity (Wildman–Crippen MR) is 82.5 cm³/mol. The zero-order valence-electron chi connectivity index (χ0n) is 13.3. The number of ether oxygens (including phenoxy) is 2. The molecule has 0 amide bonds. The maximum absolute atomic E-state index is 6.30.